The SMILES string of the molecule is COc1ccc(NC(=O)[C@@H](c2ccccc2)N2CCN(S(=O)(=O)c3ccccc3C(F)(F)F)CC2)cc1Cl. The van der Waals surface area contributed by atoms with E-state index in [0.29, 0.717) is 22.0 Å². The molecular weight excluding hydrogens is 543 g/mol. The lowest BCUT2D eigenvalue weighted by atomic mass is 10.0. The summed E-state index contributed by atoms with van der Waals surface area (Å²) in [7, 11) is -2.93. The van der Waals surface area contributed by atoms with Gasteiger partial charge >= 0.3 is 6.18 Å². The Hall–Kier alpha value is -3.12. The number of sulfonamides is 1. The van der Waals surface area contributed by atoms with Crippen molar-refractivity contribution in [3.8, 4) is 5.75 Å². The van der Waals surface area contributed by atoms with Crippen LogP contribution in [0.1, 0.15) is 17.2 Å². The van der Waals surface area contributed by atoms with E-state index in [-0.39, 0.29) is 32.1 Å². The van der Waals surface area contributed by atoms with E-state index in [1.165, 1.54) is 13.2 Å². The van der Waals surface area contributed by atoms with Crippen LogP contribution >= 0.6 is 11.6 Å². The van der Waals surface area contributed by atoms with Crippen molar-refractivity contribution in [2.24, 2.45) is 0 Å². The van der Waals surface area contributed by atoms with Crippen LogP contribution in [-0.2, 0) is 21.0 Å². The zero-order valence-electron chi connectivity index (χ0n) is 20.3. The average molecular weight is 568 g/mol. The van der Waals surface area contributed by atoms with Gasteiger partial charge in [-0.15, -0.1) is 0 Å². The van der Waals surface area contributed by atoms with E-state index in [1.54, 1.807) is 47.4 Å². The third-order valence-corrected chi connectivity index (χ3v) is 8.48. The fraction of sp³-hybridized carbons (Fsp3) is 0.269. The second-order valence-corrected chi connectivity index (χ2v) is 10.9. The minimum absolute atomic E-state index is 0.0838. The van der Waals surface area contributed by atoms with Crippen molar-refractivity contribution in [3.05, 3.63) is 88.9 Å². The Labute approximate surface area is 223 Å². The van der Waals surface area contributed by atoms with Gasteiger partial charge in [0, 0.05) is 31.9 Å². The van der Waals surface area contributed by atoms with Gasteiger partial charge in [0.2, 0.25) is 15.9 Å². The van der Waals surface area contributed by atoms with Gasteiger partial charge in [0.15, 0.2) is 0 Å². The summed E-state index contributed by atoms with van der Waals surface area (Å²) in [5, 5.41) is 3.16. The lowest BCUT2D eigenvalue weighted by Gasteiger charge is -2.38. The van der Waals surface area contributed by atoms with Crippen LogP contribution in [0.4, 0.5) is 18.9 Å². The molecule has 0 aromatic heterocycles. The van der Waals surface area contributed by atoms with Crippen molar-refractivity contribution in [1.29, 1.82) is 0 Å². The lowest BCUT2D eigenvalue weighted by Crippen LogP contribution is -2.51. The summed E-state index contributed by atoms with van der Waals surface area (Å²) >= 11 is 6.19. The number of methoxy groups -OCH3 is 1. The van der Waals surface area contributed by atoms with E-state index in [9.17, 15) is 26.4 Å². The van der Waals surface area contributed by atoms with Crippen LogP contribution in [0.2, 0.25) is 5.02 Å². The Kier molecular flexibility index (Phi) is 8.31. The summed E-state index contributed by atoms with van der Waals surface area (Å²) in [4.78, 5) is 14.5. The van der Waals surface area contributed by atoms with Gasteiger partial charge in [0.1, 0.15) is 11.8 Å². The van der Waals surface area contributed by atoms with Crippen LogP contribution in [-0.4, -0.2) is 56.8 Å². The summed E-state index contributed by atoms with van der Waals surface area (Å²) in [5.74, 6) is 0.0878. The molecule has 0 bridgehead atoms. The van der Waals surface area contributed by atoms with Gasteiger partial charge in [-0.05, 0) is 35.9 Å². The minimum Gasteiger partial charge on any atom is -0.495 e. The molecule has 1 fully saturated rings. The maximum atomic E-state index is 13.5. The number of amides is 1. The first-order valence-corrected chi connectivity index (χ1v) is 13.4. The van der Waals surface area contributed by atoms with Gasteiger partial charge in [-0.3, -0.25) is 9.69 Å². The number of hydrogen-bond donors (Lipinski definition) is 1. The van der Waals surface area contributed by atoms with Gasteiger partial charge in [0.05, 0.1) is 22.6 Å². The van der Waals surface area contributed by atoms with Gasteiger partial charge < -0.3 is 10.1 Å². The van der Waals surface area contributed by atoms with Gasteiger partial charge in [-0.25, -0.2) is 8.42 Å². The number of carbonyl (C=O) groups excluding carboxylic acids is 1. The highest BCUT2D eigenvalue weighted by Gasteiger charge is 2.40. The molecule has 1 heterocycles. The van der Waals surface area contributed by atoms with Crippen molar-refractivity contribution in [2.75, 3.05) is 38.6 Å². The molecule has 0 spiro atoms. The summed E-state index contributed by atoms with van der Waals surface area (Å²) in [6.45, 7) is 0.0898. The fourth-order valence-corrected chi connectivity index (χ4v) is 6.28. The van der Waals surface area contributed by atoms with E-state index in [4.69, 9.17) is 16.3 Å². The predicted octanol–water partition coefficient (Wildman–Crippen LogP) is 5.05. The standard InChI is InChI=1S/C26H25ClF3N3O4S/c1-37-22-12-11-19(17-21(22)27)31-25(34)24(18-7-3-2-4-8-18)32-13-15-33(16-14-32)38(35,36)23-10-6-5-9-20(23)26(28,29)30/h2-12,17,24H,13-16H2,1H3,(H,31,34)/t24-/m1/s1. The maximum Gasteiger partial charge on any atom is 0.417 e. The summed E-state index contributed by atoms with van der Waals surface area (Å²) in [6, 6.07) is 17.1. The maximum absolute atomic E-state index is 13.5. The highest BCUT2D eigenvalue weighted by molar-refractivity contribution is 7.89. The first kappa shape index (κ1) is 27.9. The molecule has 1 N–H and O–H groups in total. The van der Waals surface area contributed by atoms with E-state index >= 15 is 0 Å². The van der Waals surface area contributed by atoms with Crippen LogP contribution in [0, 0.1) is 0 Å². The van der Waals surface area contributed by atoms with Gasteiger partial charge in [0.25, 0.3) is 0 Å². The van der Waals surface area contributed by atoms with Crippen molar-refractivity contribution < 1.29 is 31.1 Å². The molecule has 1 aliphatic heterocycles. The number of nitrogens with one attached hydrogen (secondary N) is 1. The van der Waals surface area contributed by atoms with Crippen LogP contribution in [0.15, 0.2) is 77.7 Å². The summed E-state index contributed by atoms with van der Waals surface area (Å²) < 4.78 is 73.0. The first-order valence-electron chi connectivity index (χ1n) is 11.6. The highest BCUT2D eigenvalue weighted by Crippen LogP contribution is 2.36. The molecule has 0 unspecified atom stereocenters. The van der Waals surface area contributed by atoms with Crippen molar-refractivity contribution in [2.45, 2.75) is 17.1 Å². The lowest BCUT2D eigenvalue weighted by molar-refractivity contribution is -0.140. The Bertz CT molecular complexity index is 1400. The molecule has 202 valence electrons. The summed E-state index contributed by atoms with van der Waals surface area (Å²) in [5.41, 5.74) is -0.0721. The third-order valence-electron chi connectivity index (χ3n) is 6.23. The number of halogens is 4. The fourth-order valence-electron chi connectivity index (χ4n) is 4.39. The number of anilines is 1. The zero-order valence-corrected chi connectivity index (χ0v) is 21.9. The summed E-state index contributed by atoms with van der Waals surface area (Å²) in [6.07, 6.45) is -4.81. The van der Waals surface area contributed by atoms with Crippen LogP contribution in [0.5, 0.6) is 5.75 Å². The van der Waals surface area contributed by atoms with Crippen LogP contribution in [0.25, 0.3) is 0 Å². The number of hydrogen-bond acceptors (Lipinski definition) is 5. The van der Waals surface area contributed by atoms with E-state index < -0.39 is 32.7 Å². The number of nitrogens with zero attached hydrogens (tertiary/aromatic N) is 2. The number of alkyl halides is 3. The number of carbonyl (C=O) groups is 1. The zero-order chi connectivity index (χ0) is 27.5. The number of piperazine rings is 1. The predicted molar refractivity (Wildman–Crippen MR) is 138 cm³/mol. The molecule has 1 amide bonds. The molecule has 4 rings (SSSR count). The molecule has 0 radical (unpaired) electrons. The second kappa shape index (κ2) is 11.3. The monoisotopic (exact) mass is 567 g/mol. The molecule has 0 saturated carbocycles. The quantitative estimate of drug-likeness (QED) is 0.432. The molecule has 7 nitrogen and oxygen atoms in total. The Balaban J connectivity index is 1.55. The first-order chi connectivity index (χ1) is 18.0. The molecule has 1 saturated heterocycles. The van der Waals surface area contributed by atoms with Gasteiger partial charge in [-0.1, -0.05) is 54.1 Å². The smallest absolute Gasteiger partial charge is 0.417 e. The largest absolute Gasteiger partial charge is 0.495 e. The highest BCUT2D eigenvalue weighted by atomic mass is 35.5. The molecule has 12 heteroatoms. The van der Waals surface area contributed by atoms with Gasteiger partial charge in [-0.2, -0.15) is 17.5 Å². The van der Waals surface area contributed by atoms with Crippen LogP contribution < -0.4 is 10.1 Å². The van der Waals surface area contributed by atoms with E-state index in [0.717, 1.165) is 22.5 Å². The number of rotatable bonds is 7. The number of benzene rings is 3. The van der Waals surface area contributed by atoms with E-state index in [1.807, 2.05) is 6.07 Å². The Morgan fingerprint density at radius 2 is 1.61 bits per heavy atom. The van der Waals surface area contributed by atoms with Crippen molar-refractivity contribution in [1.82, 2.24) is 9.21 Å². The molecule has 3 aromatic rings. The molecular formula is C26H25ClF3N3O4S. The normalized spacial score (nSPS) is 16.1. The topological polar surface area (TPSA) is 79.0 Å². The Morgan fingerprint density at radius 3 is 2.21 bits per heavy atom. The number of ether oxygens (including phenoxy) is 1. The minimum atomic E-state index is -4.81. The van der Waals surface area contributed by atoms with Crippen molar-refractivity contribution in [3.63, 3.8) is 0 Å². The molecule has 0 aliphatic carbocycles. The molecule has 38 heavy (non-hydrogen) atoms. The molecule has 1 atom stereocenters. The molecule has 1 aliphatic rings. The van der Waals surface area contributed by atoms with E-state index in [2.05, 4.69) is 5.32 Å². The second-order valence-electron chi connectivity index (χ2n) is 8.59. The third kappa shape index (κ3) is 5.96. The molecule has 3 aromatic carbocycles. The van der Waals surface area contributed by atoms with Crippen molar-refractivity contribution >= 4 is 33.2 Å². The van der Waals surface area contributed by atoms with Crippen LogP contribution in [0.3, 0.4) is 0 Å². The Morgan fingerprint density at radius 1 is 0.974 bits per heavy atom. The average Bonchev–Trinajstić information content (AvgIpc) is 2.89.